The minimum absolute atomic E-state index is 0.166. The lowest BCUT2D eigenvalue weighted by Crippen LogP contribution is -1.79. The van der Waals surface area contributed by atoms with E-state index in [1.165, 1.54) is 25.7 Å². The molecule has 0 nitrogen and oxygen atoms in total. The number of hydrogen-bond acceptors (Lipinski definition) is 0. The predicted octanol–water partition coefficient (Wildman–Crippen LogP) is 4.22. The van der Waals surface area contributed by atoms with E-state index >= 15 is 0 Å². The summed E-state index contributed by atoms with van der Waals surface area (Å²) in [6.45, 7) is 5.42. The molecule has 0 heterocycles. The van der Waals surface area contributed by atoms with Gasteiger partial charge in [-0.15, -0.1) is 0 Å². The van der Waals surface area contributed by atoms with Gasteiger partial charge in [0.2, 0.25) is 0 Å². The summed E-state index contributed by atoms with van der Waals surface area (Å²) < 4.78 is 12.1. The Hall–Kier alpha value is -0.330. The lowest BCUT2D eigenvalue weighted by atomic mass is 10.1. The molecule has 0 aromatic rings. The normalized spacial score (nSPS) is 10.0. The lowest BCUT2D eigenvalue weighted by molar-refractivity contribution is 0.544. The second-order valence-electron chi connectivity index (χ2n) is 3.04. The van der Waals surface area contributed by atoms with Crippen molar-refractivity contribution in [3.05, 3.63) is 12.4 Å². The third-order valence-electron chi connectivity index (χ3n) is 1.80. The first-order valence-corrected chi connectivity index (χ1v) is 4.60. The molecule has 0 aliphatic rings. The van der Waals surface area contributed by atoms with Crippen molar-refractivity contribution in [2.24, 2.45) is 0 Å². The number of allylic oxidation sites excluding steroid dienone is 1. The van der Waals surface area contributed by atoms with Gasteiger partial charge in [0.05, 0.1) is 5.83 Å². The highest BCUT2D eigenvalue weighted by atomic mass is 19.1. The summed E-state index contributed by atoms with van der Waals surface area (Å²) in [5, 5.41) is 0. The van der Waals surface area contributed by atoms with Crippen LogP contribution in [0.3, 0.4) is 0 Å². The highest BCUT2D eigenvalue weighted by molar-refractivity contribution is 4.78. The lowest BCUT2D eigenvalue weighted by Gasteiger charge is -1.98. The molecule has 11 heavy (non-hydrogen) atoms. The second-order valence-corrected chi connectivity index (χ2v) is 3.04. The monoisotopic (exact) mass is 158 g/mol. The predicted molar refractivity (Wildman–Crippen MR) is 48.2 cm³/mol. The minimum Gasteiger partial charge on any atom is -0.212 e. The van der Waals surface area contributed by atoms with E-state index in [1.54, 1.807) is 0 Å². The maximum Gasteiger partial charge on any atom is 0.0928 e. The van der Waals surface area contributed by atoms with Crippen molar-refractivity contribution in [2.45, 2.75) is 51.9 Å². The zero-order valence-corrected chi connectivity index (χ0v) is 7.53. The van der Waals surface area contributed by atoms with E-state index in [1.807, 2.05) is 0 Å². The number of unbranched alkanes of at least 4 members (excludes halogenated alkanes) is 5. The summed E-state index contributed by atoms with van der Waals surface area (Å²) in [4.78, 5) is 0. The van der Waals surface area contributed by atoms with Crippen molar-refractivity contribution in [1.82, 2.24) is 0 Å². The molecule has 0 fully saturated rings. The highest BCUT2D eigenvalue weighted by Crippen LogP contribution is 2.10. The van der Waals surface area contributed by atoms with Crippen LogP contribution in [0, 0.1) is 0 Å². The van der Waals surface area contributed by atoms with Crippen LogP contribution in [-0.2, 0) is 0 Å². The Morgan fingerprint density at radius 2 is 1.64 bits per heavy atom. The molecule has 1 heteroatoms. The van der Waals surface area contributed by atoms with Crippen molar-refractivity contribution in [3.8, 4) is 0 Å². The Morgan fingerprint density at radius 3 is 2.18 bits per heavy atom. The molecule has 0 spiro atoms. The first kappa shape index (κ1) is 10.7. The molecule has 0 saturated heterocycles. The topological polar surface area (TPSA) is 0 Å². The molecule has 0 saturated carbocycles. The van der Waals surface area contributed by atoms with Gasteiger partial charge < -0.3 is 0 Å². The van der Waals surface area contributed by atoms with Gasteiger partial charge in [0.15, 0.2) is 0 Å². The molecule has 0 aliphatic carbocycles. The van der Waals surface area contributed by atoms with Crippen LogP contribution in [0.1, 0.15) is 51.9 Å². The van der Waals surface area contributed by atoms with Gasteiger partial charge in [-0.1, -0.05) is 45.6 Å². The van der Waals surface area contributed by atoms with Gasteiger partial charge in [0, 0.05) is 0 Å². The Bertz CT molecular complexity index is 97.0. The quantitative estimate of drug-likeness (QED) is 0.487. The second kappa shape index (κ2) is 7.77. The molecule has 0 aromatic heterocycles. The molecule has 0 amide bonds. The fourth-order valence-electron chi connectivity index (χ4n) is 1.10. The molecule has 0 rings (SSSR count). The SMILES string of the molecule is C=C(F)CCCCCCCC. The van der Waals surface area contributed by atoms with Gasteiger partial charge in [-0.3, -0.25) is 0 Å². The zero-order chi connectivity index (χ0) is 8.53. The van der Waals surface area contributed by atoms with E-state index in [2.05, 4.69) is 13.5 Å². The highest BCUT2D eigenvalue weighted by Gasteiger charge is 1.91. The van der Waals surface area contributed by atoms with E-state index in [0.717, 1.165) is 12.8 Å². The smallest absolute Gasteiger partial charge is 0.0928 e. The molecule has 0 radical (unpaired) electrons. The van der Waals surface area contributed by atoms with Crippen LogP contribution in [0.5, 0.6) is 0 Å². The fourth-order valence-corrected chi connectivity index (χ4v) is 1.10. The first-order chi connectivity index (χ1) is 5.27. The van der Waals surface area contributed by atoms with Crippen LogP contribution in [-0.4, -0.2) is 0 Å². The molecule has 0 bridgehead atoms. The van der Waals surface area contributed by atoms with Crippen LogP contribution in [0.4, 0.5) is 4.39 Å². The van der Waals surface area contributed by atoms with Crippen LogP contribution in [0.15, 0.2) is 12.4 Å². The van der Waals surface area contributed by atoms with Gasteiger partial charge >= 0.3 is 0 Å². The van der Waals surface area contributed by atoms with Gasteiger partial charge in [-0.2, -0.15) is 0 Å². The van der Waals surface area contributed by atoms with Crippen LogP contribution < -0.4 is 0 Å². The third-order valence-corrected chi connectivity index (χ3v) is 1.80. The van der Waals surface area contributed by atoms with Crippen LogP contribution >= 0.6 is 0 Å². The number of hydrogen-bond donors (Lipinski definition) is 0. The molecule has 0 atom stereocenters. The zero-order valence-electron chi connectivity index (χ0n) is 7.53. The van der Waals surface area contributed by atoms with Crippen LogP contribution in [0.25, 0.3) is 0 Å². The van der Waals surface area contributed by atoms with Crippen molar-refractivity contribution in [3.63, 3.8) is 0 Å². The van der Waals surface area contributed by atoms with Crippen molar-refractivity contribution in [1.29, 1.82) is 0 Å². The van der Waals surface area contributed by atoms with E-state index in [4.69, 9.17) is 0 Å². The van der Waals surface area contributed by atoms with E-state index < -0.39 is 0 Å². The Balaban J connectivity index is 2.85. The molecule has 0 aromatic carbocycles. The van der Waals surface area contributed by atoms with Gasteiger partial charge in [0.1, 0.15) is 0 Å². The number of rotatable bonds is 7. The van der Waals surface area contributed by atoms with Crippen LogP contribution in [0.2, 0.25) is 0 Å². The summed E-state index contributed by atoms with van der Waals surface area (Å²) >= 11 is 0. The van der Waals surface area contributed by atoms with Crippen molar-refractivity contribution < 1.29 is 4.39 Å². The van der Waals surface area contributed by atoms with E-state index in [9.17, 15) is 4.39 Å². The van der Waals surface area contributed by atoms with Gasteiger partial charge in [0.25, 0.3) is 0 Å². The standard InChI is InChI=1S/C10H19F/c1-3-4-5-6-7-8-9-10(2)11/h2-9H2,1H3. The van der Waals surface area contributed by atoms with E-state index in [-0.39, 0.29) is 5.83 Å². The summed E-state index contributed by atoms with van der Waals surface area (Å²) in [7, 11) is 0. The summed E-state index contributed by atoms with van der Waals surface area (Å²) in [5.41, 5.74) is 0. The Kier molecular flexibility index (Phi) is 7.54. The maximum absolute atomic E-state index is 12.1. The van der Waals surface area contributed by atoms with Crippen molar-refractivity contribution in [2.75, 3.05) is 0 Å². The average molecular weight is 158 g/mol. The molecule has 0 unspecified atom stereocenters. The summed E-state index contributed by atoms with van der Waals surface area (Å²) in [6, 6.07) is 0. The molecule has 66 valence electrons. The fraction of sp³-hybridized carbons (Fsp3) is 0.800. The van der Waals surface area contributed by atoms with Gasteiger partial charge in [-0.05, 0) is 12.8 Å². The molecular weight excluding hydrogens is 139 g/mol. The summed E-state index contributed by atoms with van der Waals surface area (Å²) in [6.07, 6.45) is 7.83. The largest absolute Gasteiger partial charge is 0.212 e. The minimum atomic E-state index is -0.166. The first-order valence-electron chi connectivity index (χ1n) is 4.60. The Morgan fingerprint density at radius 1 is 1.09 bits per heavy atom. The van der Waals surface area contributed by atoms with E-state index in [0.29, 0.717) is 6.42 Å². The maximum atomic E-state index is 12.1. The molecule has 0 aliphatic heterocycles. The van der Waals surface area contributed by atoms with Crippen molar-refractivity contribution >= 4 is 0 Å². The van der Waals surface area contributed by atoms with Gasteiger partial charge in [-0.25, -0.2) is 4.39 Å². The molecular formula is C10H19F. The number of halogens is 1. The Labute approximate surface area is 69.5 Å². The average Bonchev–Trinajstić information content (AvgIpc) is 1.96. The summed E-state index contributed by atoms with van der Waals surface area (Å²) in [5.74, 6) is -0.166. The molecule has 0 N–H and O–H groups in total. The third kappa shape index (κ3) is 9.67.